The molecule has 0 amide bonds. The van der Waals surface area contributed by atoms with E-state index in [9.17, 15) is 5.11 Å². The van der Waals surface area contributed by atoms with Crippen molar-refractivity contribution in [1.29, 1.82) is 0 Å². The van der Waals surface area contributed by atoms with Crippen molar-refractivity contribution >= 4 is 0 Å². The number of aryl methyl sites for hydroxylation is 1. The van der Waals surface area contributed by atoms with Gasteiger partial charge in [-0.25, -0.2) is 0 Å². The molecule has 0 aliphatic carbocycles. The lowest BCUT2D eigenvalue weighted by Gasteiger charge is -2.24. The second-order valence-electron chi connectivity index (χ2n) is 5.95. The highest BCUT2D eigenvalue weighted by molar-refractivity contribution is 5.31. The predicted octanol–water partition coefficient (Wildman–Crippen LogP) is 3.47. The molecule has 1 aliphatic rings. The summed E-state index contributed by atoms with van der Waals surface area (Å²) < 4.78 is 11.5. The number of nitrogens with zero attached hydrogens (tertiary/aromatic N) is 1. The third kappa shape index (κ3) is 3.90. The Balaban J connectivity index is 1.71. The van der Waals surface area contributed by atoms with E-state index in [1.54, 1.807) is 6.07 Å². The highest BCUT2D eigenvalue weighted by Gasteiger charge is 2.21. The number of aromatic hydroxyl groups is 1. The summed E-state index contributed by atoms with van der Waals surface area (Å²) in [6.07, 6.45) is 2.52. The van der Waals surface area contributed by atoms with Crippen LogP contribution >= 0.6 is 0 Å². The molecule has 1 aliphatic heterocycles. The highest BCUT2D eigenvalue weighted by atomic mass is 16.5. The van der Waals surface area contributed by atoms with Gasteiger partial charge in [0.25, 0.3) is 0 Å². The highest BCUT2D eigenvalue weighted by Crippen LogP contribution is 2.22. The van der Waals surface area contributed by atoms with Crippen LogP contribution in [-0.4, -0.2) is 29.3 Å². The molecule has 1 fully saturated rings. The molecule has 22 heavy (non-hydrogen) atoms. The van der Waals surface area contributed by atoms with Gasteiger partial charge >= 0.3 is 0 Å². The van der Waals surface area contributed by atoms with Crippen LogP contribution < -0.4 is 0 Å². The molecule has 118 valence electrons. The summed E-state index contributed by atoms with van der Waals surface area (Å²) in [5, 5.41) is 10.0. The molecular weight excluding hydrogens is 278 g/mol. The van der Waals surface area contributed by atoms with E-state index >= 15 is 0 Å². The Bertz CT molecular complexity index is 602. The fraction of sp³-hybridized carbons (Fsp3) is 0.444. The molecule has 0 radical (unpaired) electrons. The molecule has 1 aromatic heterocycles. The van der Waals surface area contributed by atoms with Gasteiger partial charge in [0.15, 0.2) is 0 Å². The van der Waals surface area contributed by atoms with Crippen LogP contribution in [0, 0.1) is 6.92 Å². The molecule has 1 saturated heterocycles. The molecule has 1 atom stereocenters. The first-order chi connectivity index (χ1) is 10.7. The average Bonchev–Trinajstić information content (AvgIpc) is 3.13. The number of phenols is 1. The van der Waals surface area contributed by atoms with E-state index in [0.717, 1.165) is 49.6 Å². The Morgan fingerprint density at radius 3 is 2.73 bits per heavy atom. The topological polar surface area (TPSA) is 45.8 Å². The number of hydrogen-bond donors (Lipinski definition) is 1. The average molecular weight is 301 g/mol. The van der Waals surface area contributed by atoms with E-state index in [0.29, 0.717) is 12.3 Å². The Morgan fingerprint density at radius 1 is 1.18 bits per heavy atom. The monoisotopic (exact) mass is 301 g/mol. The van der Waals surface area contributed by atoms with Gasteiger partial charge in [0.1, 0.15) is 17.3 Å². The Hall–Kier alpha value is -1.78. The number of hydrogen-bond acceptors (Lipinski definition) is 4. The fourth-order valence-corrected chi connectivity index (χ4v) is 2.94. The van der Waals surface area contributed by atoms with Crippen LogP contribution in [0.3, 0.4) is 0 Å². The molecule has 1 aromatic carbocycles. The Morgan fingerprint density at radius 2 is 2.05 bits per heavy atom. The predicted molar refractivity (Wildman–Crippen MR) is 84.6 cm³/mol. The zero-order valence-electron chi connectivity index (χ0n) is 13.0. The minimum atomic E-state index is 0.280. The quantitative estimate of drug-likeness (QED) is 0.887. The van der Waals surface area contributed by atoms with Crippen molar-refractivity contribution in [3.63, 3.8) is 0 Å². The molecule has 4 heteroatoms. The maximum atomic E-state index is 10.0. The molecule has 0 spiro atoms. The number of ether oxygens (including phenoxy) is 1. The van der Waals surface area contributed by atoms with Gasteiger partial charge in [-0.3, -0.25) is 4.90 Å². The number of para-hydroxylation sites is 1. The van der Waals surface area contributed by atoms with Crippen molar-refractivity contribution in [2.24, 2.45) is 0 Å². The van der Waals surface area contributed by atoms with E-state index in [2.05, 4.69) is 4.90 Å². The van der Waals surface area contributed by atoms with Crippen molar-refractivity contribution < 1.29 is 14.3 Å². The van der Waals surface area contributed by atoms with Crippen LogP contribution in [0.5, 0.6) is 5.75 Å². The van der Waals surface area contributed by atoms with Crippen LogP contribution in [0.15, 0.2) is 40.8 Å². The van der Waals surface area contributed by atoms with Gasteiger partial charge in [-0.1, -0.05) is 18.2 Å². The van der Waals surface area contributed by atoms with Crippen LogP contribution in [0.1, 0.15) is 29.9 Å². The van der Waals surface area contributed by atoms with Crippen LogP contribution in [0.25, 0.3) is 0 Å². The molecule has 4 nitrogen and oxygen atoms in total. The summed E-state index contributed by atoms with van der Waals surface area (Å²) in [4.78, 5) is 2.28. The third-order valence-corrected chi connectivity index (χ3v) is 4.05. The Kier molecular flexibility index (Phi) is 4.80. The summed E-state index contributed by atoms with van der Waals surface area (Å²) in [7, 11) is 0. The molecule has 2 heterocycles. The lowest BCUT2D eigenvalue weighted by molar-refractivity contribution is 0.0651. The van der Waals surface area contributed by atoms with Crippen molar-refractivity contribution in [2.45, 2.75) is 39.0 Å². The second kappa shape index (κ2) is 6.99. The molecular formula is C18H23NO3. The van der Waals surface area contributed by atoms with E-state index < -0.39 is 0 Å². The molecule has 2 aromatic rings. The van der Waals surface area contributed by atoms with E-state index in [1.165, 1.54) is 0 Å². The SMILES string of the molecule is Cc1ccc(CN(Cc2ccccc2O)CC2CCCO2)o1. The third-order valence-electron chi connectivity index (χ3n) is 4.05. The van der Waals surface area contributed by atoms with Crippen LogP contribution in [0.2, 0.25) is 0 Å². The number of rotatable bonds is 6. The molecule has 0 bridgehead atoms. The summed E-state index contributed by atoms with van der Waals surface area (Å²) in [6.45, 7) is 5.08. The molecule has 1 N–H and O–H groups in total. The van der Waals surface area contributed by atoms with Gasteiger partial charge in [0.05, 0.1) is 12.6 Å². The zero-order chi connectivity index (χ0) is 15.4. The number of benzene rings is 1. The standard InChI is InChI=1S/C18H23NO3/c1-14-8-9-17(22-14)13-19(12-16-6-4-10-21-16)11-15-5-2-3-7-18(15)20/h2-3,5,7-9,16,20H,4,6,10-13H2,1H3. The van der Waals surface area contributed by atoms with Crippen molar-refractivity contribution in [1.82, 2.24) is 4.90 Å². The minimum Gasteiger partial charge on any atom is -0.508 e. The van der Waals surface area contributed by atoms with Crippen molar-refractivity contribution in [3.8, 4) is 5.75 Å². The normalized spacial score (nSPS) is 18.2. The summed E-state index contributed by atoms with van der Waals surface area (Å²) >= 11 is 0. The summed E-state index contributed by atoms with van der Waals surface area (Å²) in [5.74, 6) is 2.22. The van der Waals surface area contributed by atoms with Gasteiger partial charge in [0.2, 0.25) is 0 Å². The maximum absolute atomic E-state index is 10.0. The van der Waals surface area contributed by atoms with Crippen LogP contribution in [-0.2, 0) is 17.8 Å². The summed E-state index contributed by atoms with van der Waals surface area (Å²) in [6, 6.07) is 11.5. The van der Waals surface area contributed by atoms with E-state index in [-0.39, 0.29) is 6.10 Å². The fourth-order valence-electron chi connectivity index (χ4n) is 2.94. The van der Waals surface area contributed by atoms with Gasteiger partial charge in [-0.05, 0) is 38.0 Å². The van der Waals surface area contributed by atoms with Gasteiger partial charge in [-0.15, -0.1) is 0 Å². The molecule has 1 unspecified atom stereocenters. The molecule has 3 rings (SSSR count). The first-order valence-corrected chi connectivity index (χ1v) is 7.87. The largest absolute Gasteiger partial charge is 0.508 e. The van der Waals surface area contributed by atoms with Gasteiger partial charge < -0.3 is 14.3 Å². The summed E-state index contributed by atoms with van der Waals surface area (Å²) in [5.41, 5.74) is 0.934. The smallest absolute Gasteiger partial charge is 0.120 e. The van der Waals surface area contributed by atoms with E-state index in [1.807, 2.05) is 37.3 Å². The van der Waals surface area contributed by atoms with Crippen LogP contribution in [0.4, 0.5) is 0 Å². The first-order valence-electron chi connectivity index (χ1n) is 7.87. The maximum Gasteiger partial charge on any atom is 0.120 e. The number of phenolic OH excluding ortho intramolecular Hbond substituents is 1. The van der Waals surface area contributed by atoms with E-state index in [4.69, 9.17) is 9.15 Å². The van der Waals surface area contributed by atoms with Crippen molar-refractivity contribution in [2.75, 3.05) is 13.2 Å². The lowest BCUT2D eigenvalue weighted by atomic mass is 10.1. The molecule has 0 saturated carbocycles. The first kappa shape index (κ1) is 15.1. The second-order valence-corrected chi connectivity index (χ2v) is 5.95. The zero-order valence-corrected chi connectivity index (χ0v) is 13.0. The van der Waals surface area contributed by atoms with Gasteiger partial charge in [-0.2, -0.15) is 0 Å². The minimum absolute atomic E-state index is 0.280. The number of furan rings is 1. The Labute approximate surface area is 131 Å². The van der Waals surface area contributed by atoms with Crippen molar-refractivity contribution in [3.05, 3.63) is 53.5 Å². The lowest BCUT2D eigenvalue weighted by Crippen LogP contribution is -2.31. The van der Waals surface area contributed by atoms with Gasteiger partial charge in [0, 0.05) is 25.3 Å².